The highest BCUT2D eigenvalue weighted by molar-refractivity contribution is 7.17. The van der Waals surface area contributed by atoms with Crippen molar-refractivity contribution in [1.29, 1.82) is 0 Å². The lowest BCUT2D eigenvalue weighted by Crippen LogP contribution is -2.22. The number of benzene rings is 1. The van der Waals surface area contributed by atoms with Crippen molar-refractivity contribution in [3.05, 3.63) is 59.8 Å². The topological polar surface area (TPSA) is 50.1 Å². The minimum absolute atomic E-state index is 0.682. The van der Waals surface area contributed by atoms with Crippen LogP contribution < -0.4 is 4.90 Å². The Hall–Kier alpha value is -2.77. The molecule has 0 N–H and O–H groups in total. The van der Waals surface area contributed by atoms with Crippen LogP contribution in [0.5, 0.6) is 0 Å². The summed E-state index contributed by atoms with van der Waals surface area (Å²) in [5, 5.41) is 3.29. The molecule has 144 valence electrons. The molecule has 3 aromatic heterocycles. The highest BCUT2D eigenvalue weighted by atomic mass is 32.1. The first kappa shape index (κ1) is 18.6. The highest BCUT2D eigenvalue weighted by Gasteiger charge is 2.19. The van der Waals surface area contributed by atoms with Crippen LogP contribution in [0.15, 0.2) is 48.1 Å². The molecule has 28 heavy (non-hydrogen) atoms. The zero-order valence-corrected chi connectivity index (χ0v) is 17.4. The Labute approximate surface area is 169 Å². The van der Waals surface area contributed by atoms with Crippen molar-refractivity contribution >= 4 is 27.4 Å². The second-order valence-electron chi connectivity index (χ2n) is 7.21. The number of fused-ring (bicyclic) bond motifs is 1. The molecule has 4 rings (SSSR count). The molecule has 0 aliphatic heterocycles. The monoisotopic (exact) mass is 392 g/mol. The van der Waals surface area contributed by atoms with Crippen LogP contribution in [0.1, 0.15) is 11.6 Å². The van der Waals surface area contributed by atoms with Crippen LogP contribution in [-0.2, 0) is 20.1 Å². The van der Waals surface area contributed by atoms with E-state index < -0.39 is 0 Å². The number of hydrogen-bond acceptors (Lipinski definition) is 6. The molecular weight excluding hydrogens is 368 g/mol. The lowest BCUT2D eigenvalue weighted by molar-refractivity contribution is 0.391. The van der Waals surface area contributed by atoms with Crippen molar-refractivity contribution in [2.75, 3.05) is 26.0 Å². The average Bonchev–Trinajstić information content (AvgIpc) is 3.27. The van der Waals surface area contributed by atoms with Gasteiger partial charge in [0.2, 0.25) is 0 Å². The number of imidazole rings is 1. The van der Waals surface area contributed by atoms with E-state index in [2.05, 4.69) is 51.5 Å². The second-order valence-corrected chi connectivity index (χ2v) is 8.07. The van der Waals surface area contributed by atoms with Gasteiger partial charge in [0, 0.05) is 37.4 Å². The predicted molar refractivity (Wildman–Crippen MR) is 116 cm³/mol. The molecule has 0 bridgehead atoms. The van der Waals surface area contributed by atoms with Crippen molar-refractivity contribution < 1.29 is 0 Å². The largest absolute Gasteiger partial charge is 0.352 e. The van der Waals surface area contributed by atoms with Gasteiger partial charge < -0.3 is 14.4 Å². The molecule has 0 saturated heterocycles. The van der Waals surface area contributed by atoms with Crippen LogP contribution in [0.4, 0.5) is 5.82 Å². The highest BCUT2D eigenvalue weighted by Crippen LogP contribution is 2.38. The van der Waals surface area contributed by atoms with Gasteiger partial charge in [0.1, 0.15) is 22.3 Å². The minimum Gasteiger partial charge on any atom is -0.352 e. The summed E-state index contributed by atoms with van der Waals surface area (Å²) < 4.78 is 2.04. The summed E-state index contributed by atoms with van der Waals surface area (Å²) in [4.78, 5) is 19.5. The number of rotatable bonds is 6. The van der Waals surface area contributed by atoms with Crippen LogP contribution >= 0.6 is 11.3 Å². The van der Waals surface area contributed by atoms with Gasteiger partial charge in [0.15, 0.2) is 0 Å². The normalized spacial score (nSPS) is 11.5. The Morgan fingerprint density at radius 2 is 1.82 bits per heavy atom. The molecule has 0 spiro atoms. The van der Waals surface area contributed by atoms with Gasteiger partial charge in [-0.15, -0.1) is 11.3 Å². The summed E-state index contributed by atoms with van der Waals surface area (Å²) >= 11 is 1.68. The first-order valence-corrected chi connectivity index (χ1v) is 10.1. The number of nitrogens with zero attached hydrogens (tertiary/aromatic N) is 6. The Morgan fingerprint density at radius 3 is 2.50 bits per heavy atom. The van der Waals surface area contributed by atoms with E-state index in [1.807, 2.05) is 44.2 Å². The molecule has 0 unspecified atom stereocenters. The van der Waals surface area contributed by atoms with Crippen molar-refractivity contribution in [3.63, 3.8) is 0 Å². The Balaban J connectivity index is 1.85. The van der Waals surface area contributed by atoms with Crippen molar-refractivity contribution in [1.82, 2.24) is 24.4 Å². The lowest BCUT2D eigenvalue weighted by atomic mass is 10.1. The van der Waals surface area contributed by atoms with Crippen LogP contribution in [0.25, 0.3) is 21.3 Å². The fraction of sp³-hybridized carbons (Fsp3) is 0.286. The molecule has 3 heterocycles. The molecule has 0 amide bonds. The molecule has 0 aliphatic rings. The summed E-state index contributed by atoms with van der Waals surface area (Å²) in [6, 6.07) is 10.4. The van der Waals surface area contributed by atoms with Crippen LogP contribution in [0, 0.1) is 0 Å². The SMILES string of the molecule is CN(C)Cc1nc(N(C)Cc2nccn2C)c2c(-c3ccccc3)csc2n1. The Bertz CT molecular complexity index is 1080. The van der Waals surface area contributed by atoms with E-state index >= 15 is 0 Å². The smallest absolute Gasteiger partial charge is 0.146 e. The van der Waals surface area contributed by atoms with E-state index in [0.717, 1.165) is 27.7 Å². The maximum Gasteiger partial charge on any atom is 0.146 e. The third-order valence-electron chi connectivity index (χ3n) is 4.66. The van der Waals surface area contributed by atoms with Gasteiger partial charge in [-0.2, -0.15) is 0 Å². The molecular formula is C21H24N6S. The quantitative estimate of drug-likeness (QED) is 0.500. The summed E-state index contributed by atoms with van der Waals surface area (Å²) in [5.41, 5.74) is 2.36. The van der Waals surface area contributed by atoms with E-state index in [0.29, 0.717) is 13.1 Å². The third kappa shape index (κ3) is 3.63. The Kier molecular flexibility index (Phi) is 5.11. The molecule has 0 radical (unpaired) electrons. The number of anilines is 1. The zero-order valence-electron chi connectivity index (χ0n) is 16.6. The van der Waals surface area contributed by atoms with Gasteiger partial charge in [0.25, 0.3) is 0 Å². The summed E-state index contributed by atoms with van der Waals surface area (Å²) in [7, 11) is 8.16. The Morgan fingerprint density at radius 1 is 1.04 bits per heavy atom. The van der Waals surface area contributed by atoms with Gasteiger partial charge in [-0.25, -0.2) is 15.0 Å². The number of hydrogen-bond donors (Lipinski definition) is 0. The molecule has 7 heteroatoms. The molecule has 6 nitrogen and oxygen atoms in total. The predicted octanol–water partition coefficient (Wildman–Crippen LogP) is 3.79. The third-order valence-corrected chi connectivity index (χ3v) is 5.54. The standard InChI is InChI=1S/C21H24N6S/c1-25(2)12-17-23-20(27(4)13-18-22-10-11-26(18)3)19-16(14-28-21(19)24-17)15-8-6-5-7-9-15/h5-11,14H,12-13H2,1-4H3. The molecule has 0 aliphatic carbocycles. The maximum atomic E-state index is 4.95. The number of thiophene rings is 1. The molecule has 1 aromatic carbocycles. The maximum absolute atomic E-state index is 4.95. The first-order valence-electron chi connectivity index (χ1n) is 9.18. The first-order chi connectivity index (χ1) is 13.5. The minimum atomic E-state index is 0.682. The van der Waals surface area contributed by atoms with Gasteiger partial charge in [0.05, 0.1) is 18.5 Å². The summed E-state index contributed by atoms with van der Waals surface area (Å²) in [6.07, 6.45) is 3.80. The number of aryl methyl sites for hydroxylation is 1. The van der Waals surface area contributed by atoms with E-state index in [1.165, 1.54) is 11.1 Å². The molecule has 0 saturated carbocycles. The lowest BCUT2D eigenvalue weighted by Gasteiger charge is -2.21. The van der Waals surface area contributed by atoms with Crippen molar-refractivity contribution in [3.8, 4) is 11.1 Å². The summed E-state index contributed by atoms with van der Waals surface area (Å²) in [6.45, 7) is 1.39. The molecule has 4 aromatic rings. The van der Waals surface area contributed by atoms with Gasteiger partial charge in [-0.05, 0) is 19.7 Å². The van der Waals surface area contributed by atoms with Crippen LogP contribution in [0.3, 0.4) is 0 Å². The number of aromatic nitrogens is 4. The van der Waals surface area contributed by atoms with Gasteiger partial charge >= 0.3 is 0 Å². The van der Waals surface area contributed by atoms with E-state index in [9.17, 15) is 0 Å². The second kappa shape index (κ2) is 7.69. The van der Waals surface area contributed by atoms with Crippen LogP contribution in [0.2, 0.25) is 0 Å². The van der Waals surface area contributed by atoms with Crippen molar-refractivity contribution in [2.24, 2.45) is 7.05 Å². The average molecular weight is 393 g/mol. The van der Waals surface area contributed by atoms with E-state index in [1.54, 1.807) is 11.3 Å². The molecule has 0 fully saturated rings. The van der Waals surface area contributed by atoms with Crippen molar-refractivity contribution in [2.45, 2.75) is 13.1 Å². The molecule has 0 atom stereocenters. The van der Waals surface area contributed by atoms with Gasteiger partial charge in [-0.1, -0.05) is 30.3 Å². The summed E-state index contributed by atoms with van der Waals surface area (Å²) in [5.74, 6) is 2.78. The fourth-order valence-electron chi connectivity index (χ4n) is 3.26. The zero-order chi connectivity index (χ0) is 19.7. The van der Waals surface area contributed by atoms with Gasteiger partial charge in [-0.3, -0.25) is 0 Å². The van der Waals surface area contributed by atoms with Crippen LogP contribution in [-0.4, -0.2) is 45.6 Å². The fourth-order valence-corrected chi connectivity index (χ4v) is 4.22. The van der Waals surface area contributed by atoms with E-state index in [4.69, 9.17) is 9.97 Å². The van der Waals surface area contributed by atoms with E-state index in [-0.39, 0.29) is 0 Å².